The number of hydrogen-bond donors (Lipinski definition) is 1. The maximum absolute atomic E-state index is 13.2. The number of rotatable bonds is 4. The lowest BCUT2D eigenvalue weighted by atomic mass is 9.48. The summed E-state index contributed by atoms with van der Waals surface area (Å²) in [7, 11) is 0. The Morgan fingerprint density at radius 2 is 1.93 bits per heavy atom. The molecular formula is C26H38O2S. The number of aliphatic hydroxyl groups is 1. The van der Waals surface area contributed by atoms with Crippen molar-refractivity contribution in [1.29, 1.82) is 0 Å². The number of hydrogen-bond acceptors (Lipinski definition) is 3. The molecule has 0 amide bonds. The second-order valence-corrected chi connectivity index (χ2v) is 12.2. The third-order valence-electron chi connectivity index (χ3n) is 10.1. The molecule has 0 saturated heterocycles. The van der Waals surface area contributed by atoms with Crippen LogP contribution >= 0.6 is 11.3 Å². The van der Waals surface area contributed by atoms with Crippen LogP contribution in [0.5, 0.6) is 0 Å². The molecule has 0 bridgehead atoms. The second kappa shape index (κ2) is 7.48. The molecule has 1 N–H and O–H groups in total. The maximum Gasteiger partial charge on any atom is 0.141 e. The Labute approximate surface area is 180 Å². The molecule has 1 aromatic rings. The van der Waals surface area contributed by atoms with E-state index in [4.69, 9.17) is 0 Å². The van der Waals surface area contributed by atoms with Gasteiger partial charge in [-0.25, -0.2) is 0 Å². The summed E-state index contributed by atoms with van der Waals surface area (Å²) in [5.74, 6) is 4.83. The maximum atomic E-state index is 13.2. The molecule has 1 aromatic heterocycles. The van der Waals surface area contributed by atoms with E-state index < -0.39 is 0 Å². The SMILES string of the molecule is CC[C@@]1(O)CC[C@H]2[C@@H](CC[C@@H]3[C@@H]2CC[C@]2(C)[C@@H](C(=O)Cc4cccs4)CC[C@@H]32)C1. The van der Waals surface area contributed by atoms with Crippen LogP contribution < -0.4 is 0 Å². The summed E-state index contributed by atoms with van der Waals surface area (Å²) in [6.07, 6.45) is 12.5. The summed E-state index contributed by atoms with van der Waals surface area (Å²) in [5.41, 5.74) is -0.148. The third kappa shape index (κ3) is 3.35. The minimum absolute atomic E-state index is 0.237. The van der Waals surface area contributed by atoms with Crippen LogP contribution in [0.15, 0.2) is 17.5 Å². The van der Waals surface area contributed by atoms with E-state index in [2.05, 4.69) is 31.4 Å². The Hall–Kier alpha value is -0.670. The van der Waals surface area contributed by atoms with Crippen molar-refractivity contribution in [3.8, 4) is 0 Å². The Bertz CT molecular complexity index is 742. The first-order valence-electron chi connectivity index (χ1n) is 12.2. The normalized spacial score (nSPS) is 46.6. The molecule has 4 saturated carbocycles. The predicted molar refractivity (Wildman–Crippen MR) is 119 cm³/mol. The fourth-order valence-corrected chi connectivity index (χ4v) is 9.24. The average Bonchev–Trinajstić information content (AvgIpc) is 3.34. The zero-order valence-electron chi connectivity index (χ0n) is 18.2. The fraction of sp³-hybridized carbons (Fsp3) is 0.808. The predicted octanol–water partition coefficient (Wildman–Crippen LogP) is 6.27. The molecule has 4 fully saturated rings. The van der Waals surface area contributed by atoms with Gasteiger partial charge in [-0.05, 0) is 111 Å². The van der Waals surface area contributed by atoms with Crippen molar-refractivity contribution in [3.05, 3.63) is 22.4 Å². The molecule has 2 nitrogen and oxygen atoms in total. The van der Waals surface area contributed by atoms with Gasteiger partial charge in [0.2, 0.25) is 0 Å². The van der Waals surface area contributed by atoms with Gasteiger partial charge >= 0.3 is 0 Å². The molecular weight excluding hydrogens is 376 g/mol. The van der Waals surface area contributed by atoms with E-state index in [1.165, 1.54) is 43.4 Å². The van der Waals surface area contributed by atoms with Crippen molar-refractivity contribution in [2.24, 2.45) is 40.9 Å². The van der Waals surface area contributed by atoms with E-state index in [0.29, 0.717) is 12.2 Å². The molecule has 0 radical (unpaired) electrons. The van der Waals surface area contributed by atoms with Gasteiger partial charge in [-0.15, -0.1) is 11.3 Å². The topological polar surface area (TPSA) is 37.3 Å². The van der Waals surface area contributed by atoms with E-state index in [9.17, 15) is 9.90 Å². The van der Waals surface area contributed by atoms with Crippen LogP contribution in [0.25, 0.3) is 0 Å². The highest BCUT2D eigenvalue weighted by atomic mass is 32.1. The van der Waals surface area contributed by atoms with Gasteiger partial charge in [-0.2, -0.15) is 0 Å². The molecule has 160 valence electrons. The Morgan fingerprint density at radius 1 is 1.10 bits per heavy atom. The molecule has 0 aliphatic heterocycles. The fourth-order valence-electron chi connectivity index (χ4n) is 8.52. The van der Waals surface area contributed by atoms with Gasteiger partial charge in [-0.3, -0.25) is 4.79 Å². The highest BCUT2D eigenvalue weighted by molar-refractivity contribution is 7.10. The summed E-state index contributed by atoms with van der Waals surface area (Å²) in [4.78, 5) is 14.5. The molecule has 0 unspecified atom stereocenters. The van der Waals surface area contributed by atoms with Crippen molar-refractivity contribution in [3.63, 3.8) is 0 Å². The number of fused-ring (bicyclic) bond motifs is 5. The zero-order chi connectivity index (χ0) is 20.2. The third-order valence-corrected chi connectivity index (χ3v) is 11.0. The molecule has 0 spiro atoms. The number of carbonyl (C=O) groups excluding carboxylic acids is 1. The van der Waals surface area contributed by atoms with Crippen LogP contribution in [0, 0.1) is 40.9 Å². The highest BCUT2D eigenvalue weighted by Crippen LogP contribution is 2.64. The lowest BCUT2D eigenvalue weighted by molar-refractivity contribution is -0.132. The lowest BCUT2D eigenvalue weighted by Crippen LogP contribution is -2.51. The first-order chi connectivity index (χ1) is 13.9. The number of carbonyl (C=O) groups is 1. The van der Waals surface area contributed by atoms with Crippen LogP contribution in [-0.4, -0.2) is 16.5 Å². The minimum Gasteiger partial charge on any atom is -0.390 e. The first kappa shape index (κ1) is 20.2. The molecule has 3 heteroatoms. The van der Waals surface area contributed by atoms with Crippen molar-refractivity contribution in [2.45, 2.75) is 90.1 Å². The summed E-state index contributed by atoms with van der Waals surface area (Å²) in [6, 6.07) is 4.19. The van der Waals surface area contributed by atoms with Gasteiger partial charge in [-0.1, -0.05) is 19.9 Å². The molecule has 4 aliphatic rings. The van der Waals surface area contributed by atoms with Crippen molar-refractivity contribution >= 4 is 17.1 Å². The van der Waals surface area contributed by atoms with Crippen LogP contribution in [0.3, 0.4) is 0 Å². The van der Waals surface area contributed by atoms with Crippen LogP contribution in [-0.2, 0) is 11.2 Å². The van der Waals surface area contributed by atoms with Crippen LogP contribution in [0.1, 0.15) is 82.9 Å². The monoisotopic (exact) mass is 414 g/mol. The van der Waals surface area contributed by atoms with Gasteiger partial charge in [0.25, 0.3) is 0 Å². The largest absolute Gasteiger partial charge is 0.390 e. The molecule has 4 aliphatic carbocycles. The average molecular weight is 415 g/mol. The van der Waals surface area contributed by atoms with Crippen molar-refractivity contribution in [1.82, 2.24) is 0 Å². The molecule has 8 atom stereocenters. The Morgan fingerprint density at radius 3 is 2.69 bits per heavy atom. The van der Waals surface area contributed by atoms with E-state index in [0.717, 1.165) is 55.3 Å². The highest BCUT2D eigenvalue weighted by Gasteiger charge is 2.58. The standard InChI is InChI=1S/C26H38O2S/c1-3-26(28)13-11-19-17(16-26)6-7-21-20(19)10-12-25(2)22(21)8-9-23(25)24(27)15-18-5-4-14-29-18/h4-5,14,17,19-23,28H,3,6-13,15-16H2,1-2H3/t17-,19-,20+,21+,22-,23+,25-,26+/m0/s1. The van der Waals surface area contributed by atoms with Crippen LogP contribution in [0.2, 0.25) is 0 Å². The molecule has 1 heterocycles. The number of thiophene rings is 1. The van der Waals surface area contributed by atoms with Crippen LogP contribution in [0.4, 0.5) is 0 Å². The zero-order valence-corrected chi connectivity index (χ0v) is 19.1. The first-order valence-corrected chi connectivity index (χ1v) is 13.1. The van der Waals surface area contributed by atoms with Gasteiger partial charge < -0.3 is 5.11 Å². The Balaban J connectivity index is 1.31. The summed E-state index contributed by atoms with van der Waals surface area (Å²) < 4.78 is 0. The summed E-state index contributed by atoms with van der Waals surface area (Å²) >= 11 is 1.73. The van der Waals surface area contributed by atoms with E-state index in [-0.39, 0.29) is 16.9 Å². The molecule has 0 aromatic carbocycles. The molecule has 29 heavy (non-hydrogen) atoms. The van der Waals surface area contributed by atoms with Crippen molar-refractivity contribution < 1.29 is 9.90 Å². The minimum atomic E-state index is -0.385. The van der Waals surface area contributed by atoms with Gasteiger partial charge in [0, 0.05) is 17.2 Å². The second-order valence-electron chi connectivity index (χ2n) is 11.2. The van der Waals surface area contributed by atoms with E-state index >= 15 is 0 Å². The van der Waals surface area contributed by atoms with Gasteiger partial charge in [0.1, 0.15) is 5.78 Å². The number of Topliss-reactive ketones (excluding diaryl/α,β-unsaturated/α-hetero) is 1. The van der Waals surface area contributed by atoms with E-state index in [1.54, 1.807) is 11.3 Å². The smallest absolute Gasteiger partial charge is 0.141 e. The van der Waals surface area contributed by atoms with E-state index in [1.807, 2.05) is 0 Å². The summed E-state index contributed by atoms with van der Waals surface area (Å²) in [5, 5.41) is 13.0. The van der Waals surface area contributed by atoms with Crippen molar-refractivity contribution in [2.75, 3.05) is 0 Å². The number of ketones is 1. The lowest BCUT2D eigenvalue weighted by Gasteiger charge is -2.57. The molecule has 5 rings (SSSR count). The van der Waals surface area contributed by atoms with Gasteiger partial charge in [0.15, 0.2) is 0 Å². The quantitative estimate of drug-likeness (QED) is 0.630. The summed E-state index contributed by atoms with van der Waals surface area (Å²) in [6.45, 7) is 4.63. The van der Waals surface area contributed by atoms with Gasteiger partial charge in [0.05, 0.1) is 5.60 Å². The Kier molecular flexibility index (Phi) is 5.22.